The van der Waals surface area contributed by atoms with Crippen molar-refractivity contribution in [3.8, 4) is 0 Å². The van der Waals surface area contributed by atoms with Crippen molar-refractivity contribution in [1.82, 2.24) is 31.9 Å². The van der Waals surface area contributed by atoms with Crippen molar-refractivity contribution in [1.29, 1.82) is 0 Å². The first kappa shape index (κ1) is 48.6. The summed E-state index contributed by atoms with van der Waals surface area (Å²) in [5, 5.41) is 61.2. The van der Waals surface area contributed by atoms with Crippen molar-refractivity contribution in [3.63, 3.8) is 0 Å². The monoisotopic (exact) mass is 762 g/mol. The molecule has 0 bridgehead atoms. The lowest BCUT2D eigenvalue weighted by Crippen LogP contribution is -2.61. The van der Waals surface area contributed by atoms with Crippen molar-refractivity contribution >= 4 is 47.4 Å². The molecule has 21 nitrogen and oxygen atoms in total. The molecule has 0 fully saturated rings. The third-order valence-corrected chi connectivity index (χ3v) is 8.15. The number of carboxylic acid groups (broad SMARTS) is 2. The molecule has 8 atom stereocenters. The van der Waals surface area contributed by atoms with Crippen molar-refractivity contribution < 1.29 is 63.9 Å². The second-order valence-corrected chi connectivity index (χ2v) is 13.0. The predicted molar refractivity (Wildman–Crippen MR) is 187 cm³/mol. The van der Waals surface area contributed by atoms with Gasteiger partial charge in [-0.05, 0) is 50.5 Å². The zero-order valence-corrected chi connectivity index (χ0v) is 30.6. The van der Waals surface area contributed by atoms with Gasteiger partial charge < -0.3 is 68.9 Å². The lowest BCUT2D eigenvalue weighted by atomic mass is 9.97. The highest BCUT2D eigenvalue weighted by molar-refractivity contribution is 5.97. The first-order valence-corrected chi connectivity index (χ1v) is 17.4. The third kappa shape index (κ3) is 18.2. The second-order valence-electron chi connectivity index (χ2n) is 13.0. The number of aliphatic hydroxyl groups excluding tert-OH is 3. The number of amides is 6. The van der Waals surface area contributed by atoms with Crippen LogP contribution < -0.4 is 43.4 Å². The fourth-order valence-corrected chi connectivity index (χ4v) is 4.76. The Hall–Kier alpha value is -4.44. The molecule has 304 valence electrons. The molecule has 0 heterocycles. The summed E-state index contributed by atoms with van der Waals surface area (Å²) in [4.78, 5) is 101. The third-order valence-electron chi connectivity index (χ3n) is 8.15. The van der Waals surface area contributed by atoms with Crippen LogP contribution in [-0.4, -0.2) is 142 Å². The van der Waals surface area contributed by atoms with E-state index in [9.17, 15) is 58.8 Å². The average molecular weight is 763 g/mol. The van der Waals surface area contributed by atoms with Crippen LogP contribution in [0.5, 0.6) is 0 Å². The summed E-state index contributed by atoms with van der Waals surface area (Å²) in [7, 11) is 0. The molecule has 0 aliphatic heterocycles. The van der Waals surface area contributed by atoms with Crippen LogP contribution >= 0.6 is 0 Å². The van der Waals surface area contributed by atoms with Crippen molar-refractivity contribution in [3.05, 3.63) is 0 Å². The van der Waals surface area contributed by atoms with Gasteiger partial charge >= 0.3 is 11.9 Å². The standard InChI is InChI=1S/C32H58N8O13/c1-5-17(4)25(31(51)39-23(15-43)32(52)53)40-30(50)22(14-42)38-27(47)19(8-6-7-11-33)35-28(48)20(12-16(2)3)36-29(49)21(13-41)37-26(46)18(34)9-10-24(44)45/h16-23,25,41-43H,5-15,33-34H2,1-4H3,(H,35,48)(H,36,49)(H,37,46)(H,38,47)(H,39,51)(H,40,50)(H,44,45)(H,52,53)/t17-,18-,19-,20-,21-,22-,23-,25-/m0/s1. The Morgan fingerprint density at radius 2 is 1.04 bits per heavy atom. The van der Waals surface area contributed by atoms with Crippen LogP contribution in [0, 0.1) is 11.8 Å². The van der Waals surface area contributed by atoms with Gasteiger partial charge in [0.1, 0.15) is 36.3 Å². The molecule has 53 heavy (non-hydrogen) atoms. The number of carboxylic acids is 2. The van der Waals surface area contributed by atoms with Crippen LogP contribution in [0.2, 0.25) is 0 Å². The minimum atomic E-state index is -1.65. The summed E-state index contributed by atoms with van der Waals surface area (Å²) in [5.74, 6) is -9.00. The number of aliphatic carboxylic acids is 2. The Kier molecular flexibility index (Phi) is 23.4. The van der Waals surface area contributed by atoms with Gasteiger partial charge in [-0.2, -0.15) is 0 Å². The van der Waals surface area contributed by atoms with Crippen LogP contribution in [0.3, 0.4) is 0 Å². The largest absolute Gasteiger partial charge is 0.481 e. The number of carbonyl (C=O) groups excluding carboxylic acids is 6. The molecule has 0 aliphatic carbocycles. The van der Waals surface area contributed by atoms with Gasteiger partial charge in [-0.15, -0.1) is 0 Å². The number of nitrogens with two attached hydrogens (primary N) is 2. The minimum absolute atomic E-state index is 0.01000. The topological polar surface area (TPSA) is 362 Å². The molecular weight excluding hydrogens is 704 g/mol. The molecule has 0 unspecified atom stereocenters. The van der Waals surface area contributed by atoms with E-state index < -0.39 is 122 Å². The van der Waals surface area contributed by atoms with Crippen LogP contribution in [-0.2, 0) is 38.4 Å². The number of carbonyl (C=O) groups is 8. The highest BCUT2D eigenvalue weighted by atomic mass is 16.4. The van der Waals surface area contributed by atoms with E-state index in [0.29, 0.717) is 19.3 Å². The summed E-state index contributed by atoms with van der Waals surface area (Å²) in [5.41, 5.74) is 11.3. The summed E-state index contributed by atoms with van der Waals surface area (Å²) in [6.45, 7) is 4.28. The molecule has 0 aromatic rings. The molecule has 0 rings (SSSR count). The van der Waals surface area contributed by atoms with Crippen LogP contribution in [0.4, 0.5) is 0 Å². The molecule has 0 saturated carbocycles. The second kappa shape index (κ2) is 25.5. The molecule has 0 aromatic carbocycles. The van der Waals surface area contributed by atoms with E-state index in [0.717, 1.165) is 0 Å². The van der Waals surface area contributed by atoms with E-state index in [1.807, 2.05) is 0 Å². The number of aliphatic hydroxyl groups is 3. The molecule has 0 aliphatic rings. The zero-order valence-electron chi connectivity index (χ0n) is 30.6. The molecule has 15 N–H and O–H groups in total. The predicted octanol–water partition coefficient (Wildman–Crippen LogP) is -4.63. The first-order chi connectivity index (χ1) is 24.9. The molecule has 0 saturated heterocycles. The van der Waals surface area contributed by atoms with E-state index in [-0.39, 0.29) is 31.7 Å². The Labute approximate surface area is 307 Å². The van der Waals surface area contributed by atoms with E-state index >= 15 is 0 Å². The SMILES string of the molecule is CC[C@H](C)[C@H](NC(=O)[C@H](CO)NC(=O)[C@H](CCCCN)NC(=O)[C@H](CC(C)C)NC(=O)[C@H](CO)NC(=O)[C@@H](N)CCC(=O)O)C(=O)N[C@@H](CO)C(=O)O. The van der Waals surface area contributed by atoms with Crippen LogP contribution in [0.15, 0.2) is 0 Å². The summed E-state index contributed by atoms with van der Waals surface area (Å²) < 4.78 is 0. The summed E-state index contributed by atoms with van der Waals surface area (Å²) >= 11 is 0. The van der Waals surface area contributed by atoms with Gasteiger partial charge in [-0.3, -0.25) is 33.6 Å². The van der Waals surface area contributed by atoms with E-state index in [1.54, 1.807) is 27.7 Å². The molecule has 0 aromatic heterocycles. The van der Waals surface area contributed by atoms with Crippen molar-refractivity contribution in [2.45, 2.75) is 115 Å². The number of unbranched alkanes of at least 4 members (excludes halogenated alkanes) is 1. The van der Waals surface area contributed by atoms with Crippen molar-refractivity contribution in [2.24, 2.45) is 23.3 Å². The first-order valence-electron chi connectivity index (χ1n) is 17.4. The summed E-state index contributed by atoms with van der Waals surface area (Å²) in [6, 6.07) is -10.1. The normalized spacial score (nSPS) is 15.7. The smallest absolute Gasteiger partial charge is 0.328 e. The minimum Gasteiger partial charge on any atom is -0.481 e. The van der Waals surface area contributed by atoms with E-state index in [1.165, 1.54) is 0 Å². The van der Waals surface area contributed by atoms with Crippen LogP contribution in [0.1, 0.15) is 72.6 Å². The maximum absolute atomic E-state index is 13.5. The Morgan fingerprint density at radius 1 is 0.585 bits per heavy atom. The summed E-state index contributed by atoms with van der Waals surface area (Å²) in [6.07, 6.45) is 0.519. The lowest BCUT2D eigenvalue weighted by molar-refractivity contribution is -0.143. The fraction of sp³-hybridized carbons (Fsp3) is 0.750. The van der Waals surface area contributed by atoms with Gasteiger partial charge in [0.05, 0.1) is 25.9 Å². The van der Waals surface area contributed by atoms with Gasteiger partial charge in [0.25, 0.3) is 0 Å². The highest BCUT2D eigenvalue weighted by Crippen LogP contribution is 2.11. The average Bonchev–Trinajstić information content (AvgIpc) is 3.10. The number of rotatable bonds is 27. The lowest BCUT2D eigenvalue weighted by Gasteiger charge is -2.28. The Bertz CT molecular complexity index is 1240. The van der Waals surface area contributed by atoms with Gasteiger partial charge in [0.15, 0.2) is 0 Å². The van der Waals surface area contributed by atoms with Gasteiger partial charge in [0.2, 0.25) is 35.4 Å². The van der Waals surface area contributed by atoms with Gasteiger partial charge in [-0.1, -0.05) is 34.1 Å². The molecule has 0 radical (unpaired) electrons. The quantitative estimate of drug-likeness (QED) is 0.0350. The number of hydrogen-bond donors (Lipinski definition) is 13. The number of hydrogen-bond acceptors (Lipinski definition) is 13. The molecule has 0 spiro atoms. The Balaban J connectivity index is 6.02. The molecule has 21 heteroatoms. The van der Waals surface area contributed by atoms with Crippen LogP contribution in [0.25, 0.3) is 0 Å². The van der Waals surface area contributed by atoms with Gasteiger partial charge in [-0.25, -0.2) is 4.79 Å². The van der Waals surface area contributed by atoms with E-state index in [2.05, 4.69) is 31.9 Å². The maximum atomic E-state index is 13.5. The van der Waals surface area contributed by atoms with Crippen molar-refractivity contribution in [2.75, 3.05) is 26.4 Å². The number of nitrogens with one attached hydrogen (secondary N) is 6. The zero-order chi connectivity index (χ0) is 40.8. The maximum Gasteiger partial charge on any atom is 0.328 e. The highest BCUT2D eigenvalue weighted by Gasteiger charge is 2.34. The van der Waals surface area contributed by atoms with E-state index in [4.69, 9.17) is 16.6 Å². The van der Waals surface area contributed by atoms with Gasteiger partial charge in [0, 0.05) is 6.42 Å². The Morgan fingerprint density at radius 3 is 1.51 bits per heavy atom. The molecular formula is C32H58N8O13. The fourth-order valence-electron chi connectivity index (χ4n) is 4.76. The molecule has 6 amide bonds.